The number of hydrogen-bond acceptors (Lipinski definition) is 4. The van der Waals surface area contributed by atoms with Crippen LogP contribution in [0.1, 0.15) is 55.5 Å². The summed E-state index contributed by atoms with van der Waals surface area (Å²) in [6.45, 7) is 3.44. The summed E-state index contributed by atoms with van der Waals surface area (Å²) < 4.78 is 1.90. The highest BCUT2D eigenvalue weighted by Gasteiger charge is 2.41. The minimum Gasteiger partial charge on any atom is -0.483 e. The average Bonchev–Trinajstić information content (AvgIpc) is 3.41. The molecule has 3 heterocycles. The number of likely N-dealkylation sites (tertiary alicyclic amines) is 1. The van der Waals surface area contributed by atoms with Crippen LogP contribution in [0.4, 0.5) is 4.79 Å². The number of rotatable bonds is 3. The van der Waals surface area contributed by atoms with Crippen molar-refractivity contribution in [2.75, 3.05) is 13.1 Å². The number of imidazole rings is 1. The number of amides is 2. The van der Waals surface area contributed by atoms with Gasteiger partial charge in [0.1, 0.15) is 0 Å². The number of aryl methyl sites for hydroxylation is 1. The number of nitrogens with one attached hydrogen (secondary N) is 1. The third-order valence-corrected chi connectivity index (χ3v) is 6.79. The van der Waals surface area contributed by atoms with Gasteiger partial charge in [-0.1, -0.05) is 31.2 Å². The maximum absolute atomic E-state index is 13.0. The number of nitrogens with zero attached hydrogens (tertiary/aromatic N) is 4. The number of fused-ring (bicyclic) bond motifs is 3. The van der Waals surface area contributed by atoms with Crippen molar-refractivity contribution in [3.63, 3.8) is 0 Å². The molecule has 8 heteroatoms. The van der Waals surface area contributed by atoms with Crippen LogP contribution in [0, 0.1) is 0 Å². The van der Waals surface area contributed by atoms with Gasteiger partial charge in [-0.15, -0.1) is 0 Å². The number of aromatic nitrogens is 3. The Bertz CT molecular complexity index is 1050. The van der Waals surface area contributed by atoms with Crippen LogP contribution in [0.2, 0.25) is 0 Å². The molecule has 8 nitrogen and oxygen atoms in total. The molecule has 2 amide bonds. The van der Waals surface area contributed by atoms with E-state index in [1.165, 1.54) is 24.0 Å². The Morgan fingerprint density at radius 2 is 2.00 bits per heavy atom. The number of carbonyl (C=O) groups is 2. The van der Waals surface area contributed by atoms with Crippen LogP contribution in [0.25, 0.3) is 5.78 Å². The second kappa shape index (κ2) is 9.38. The Balaban J connectivity index is 0.000000775. The van der Waals surface area contributed by atoms with Gasteiger partial charge >= 0.3 is 6.03 Å². The van der Waals surface area contributed by atoms with Crippen LogP contribution >= 0.6 is 0 Å². The number of carbonyl (C=O) groups excluding carboxylic acids is 1. The fourth-order valence-electron chi connectivity index (χ4n) is 5.06. The molecule has 32 heavy (non-hydrogen) atoms. The molecular weight excluding hydrogens is 406 g/mol. The molecule has 1 aliphatic heterocycles. The summed E-state index contributed by atoms with van der Waals surface area (Å²) in [6, 6.07) is 10.6. The zero-order valence-electron chi connectivity index (χ0n) is 18.3. The van der Waals surface area contributed by atoms with Crippen LogP contribution in [0.5, 0.6) is 0 Å². The van der Waals surface area contributed by atoms with Crippen LogP contribution < -0.4 is 5.32 Å². The van der Waals surface area contributed by atoms with E-state index in [9.17, 15) is 4.79 Å². The fourth-order valence-corrected chi connectivity index (χ4v) is 5.06. The minimum absolute atomic E-state index is 0.0167. The molecule has 5 rings (SSSR count). The summed E-state index contributed by atoms with van der Waals surface area (Å²) in [5.74, 6) is 0.662. The summed E-state index contributed by atoms with van der Waals surface area (Å²) in [5.41, 5.74) is 4.14. The Morgan fingerprint density at radius 1 is 1.25 bits per heavy atom. The van der Waals surface area contributed by atoms with E-state index in [1.807, 2.05) is 27.8 Å². The lowest BCUT2D eigenvalue weighted by Crippen LogP contribution is -2.48. The van der Waals surface area contributed by atoms with Crippen molar-refractivity contribution in [2.45, 2.75) is 50.5 Å². The van der Waals surface area contributed by atoms with Gasteiger partial charge in [-0.2, -0.15) is 0 Å². The van der Waals surface area contributed by atoms with Crippen LogP contribution in [-0.4, -0.2) is 50.0 Å². The molecule has 2 aliphatic rings. The van der Waals surface area contributed by atoms with E-state index < -0.39 is 0 Å². The highest BCUT2D eigenvalue weighted by atomic mass is 16.3. The summed E-state index contributed by atoms with van der Waals surface area (Å²) in [4.78, 5) is 32.2. The van der Waals surface area contributed by atoms with Gasteiger partial charge in [-0.3, -0.25) is 9.20 Å². The molecule has 0 bridgehead atoms. The van der Waals surface area contributed by atoms with Crippen molar-refractivity contribution in [3.8, 4) is 0 Å². The van der Waals surface area contributed by atoms with E-state index in [2.05, 4.69) is 46.5 Å². The van der Waals surface area contributed by atoms with Crippen molar-refractivity contribution in [2.24, 2.45) is 0 Å². The molecule has 168 valence electrons. The topological polar surface area (TPSA) is 99.8 Å². The molecule has 1 aromatic carbocycles. The molecule has 0 radical (unpaired) electrons. The Hall–Kier alpha value is -3.42. The Kier molecular flexibility index (Phi) is 6.39. The third kappa shape index (κ3) is 4.17. The lowest BCUT2D eigenvalue weighted by atomic mass is 9.74. The lowest BCUT2D eigenvalue weighted by Gasteiger charge is -2.40. The van der Waals surface area contributed by atoms with Gasteiger partial charge in [0.05, 0.1) is 11.7 Å². The fraction of sp³-hybridized carbons (Fsp3) is 0.417. The normalized spacial score (nSPS) is 17.3. The molecular formula is C24H29N5O3. The molecule has 1 spiro atoms. The predicted octanol–water partition coefficient (Wildman–Crippen LogP) is 3.57. The highest BCUT2D eigenvalue weighted by molar-refractivity contribution is 5.75. The zero-order chi connectivity index (χ0) is 22.6. The quantitative estimate of drug-likeness (QED) is 0.613. The van der Waals surface area contributed by atoms with E-state index in [4.69, 9.17) is 9.90 Å². The van der Waals surface area contributed by atoms with E-state index >= 15 is 0 Å². The van der Waals surface area contributed by atoms with Crippen molar-refractivity contribution >= 4 is 18.3 Å². The zero-order valence-corrected chi connectivity index (χ0v) is 18.3. The lowest BCUT2D eigenvalue weighted by molar-refractivity contribution is -0.122. The molecule has 3 aromatic rings. The summed E-state index contributed by atoms with van der Waals surface area (Å²) in [7, 11) is 0. The summed E-state index contributed by atoms with van der Waals surface area (Å²) >= 11 is 0. The second-order valence-electron chi connectivity index (χ2n) is 8.43. The third-order valence-electron chi connectivity index (χ3n) is 6.79. The monoisotopic (exact) mass is 435 g/mol. The van der Waals surface area contributed by atoms with Crippen LogP contribution in [0.15, 0.2) is 48.9 Å². The molecule has 2 N–H and O–H groups in total. The first-order chi connectivity index (χ1) is 15.6. The number of hydrogen-bond donors (Lipinski definition) is 2. The van der Waals surface area contributed by atoms with Gasteiger partial charge in [0, 0.05) is 31.7 Å². The molecule has 2 aromatic heterocycles. The SMILES string of the molecule is CCC(NC(=O)N1CCC2(CCc3ccccc32)CC1)c1cn2cccnc2n1.O=CO. The smallest absolute Gasteiger partial charge is 0.317 e. The number of carboxylic acid groups (broad SMARTS) is 1. The predicted molar refractivity (Wildman–Crippen MR) is 120 cm³/mol. The van der Waals surface area contributed by atoms with Gasteiger partial charge in [-0.25, -0.2) is 14.8 Å². The largest absolute Gasteiger partial charge is 0.483 e. The number of benzene rings is 1. The van der Waals surface area contributed by atoms with E-state index in [0.29, 0.717) is 5.78 Å². The van der Waals surface area contributed by atoms with E-state index in [-0.39, 0.29) is 24.0 Å². The molecule has 1 atom stereocenters. The first-order valence-corrected chi connectivity index (χ1v) is 11.1. The van der Waals surface area contributed by atoms with Gasteiger partial charge < -0.3 is 15.3 Å². The van der Waals surface area contributed by atoms with Gasteiger partial charge in [0.25, 0.3) is 6.47 Å². The van der Waals surface area contributed by atoms with Crippen LogP contribution in [0.3, 0.4) is 0 Å². The van der Waals surface area contributed by atoms with Gasteiger partial charge in [-0.05, 0) is 54.7 Å². The van der Waals surface area contributed by atoms with Crippen molar-refractivity contribution in [3.05, 3.63) is 65.7 Å². The van der Waals surface area contributed by atoms with Crippen molar-refractivity contribution in [1.29, 1.82) is 0 Å². The molecule has 1 fully saturated rings. The summed E-state index contributed by atoms with van der Waals surface area (Å²) in [5, 5.41) is 10.1. The number of urea groups is 1. The number of piperidine rings is 1. The average molecular weight is 436 g/mol. The molecule has 0 saturated carbocycles. The summed E-state index contributed by atoms with van der Waals surface area (Å²) in [6.07, 6.45) is 10.9. The first kappa shape index (κ1) is 21.8. The minimum atomic E-state index is -0.250. The Morgan fingerprint density at radius 3 is 2.72 bits per heavy atom. The molecule has 1 unspecified atom stereocenters. The Labute approximate surface area is 187 Å². The standard InChI is InChI=1S/C23H27N5O.CH2O2/c1-2-19(20-16-28-13-5-12-24-21(28)25-20)26-22(29)27-14-10-23(11-15-27)9-8-17-6-3-4-7-18(17)23;2-1-3/h3-7,12-13,16,19H,2,8-11,14-15H2,1H3,(H,26,29);1H,(H,2,3). The molecule has 1 aliphatic carbocycles. The van der Waals surface area contributed by atoms with E-state index in [0.717, 1.165) is 38.0 Å². The highest BCUT2D eigenvalue weighted by Crippen LogP contribution is 2.46. The van der Waals surface area contributed by atoms with E-state index in [1.54, 1.807) is 6.20 Å². The van der Waals surface area contributed by atoms with Crippen molar-refractivity contribution in [1.82, 2.24) is 24.6 Å². The molecule has 1 saturated heterocycles. The van der Waals surface area contributed by atoms with Gasteiger partial charge in [0.15, 0.2) is 0 Å². The maximum Gasteiger partial charge on any atom is 0.317 e. The van der Waals surface area contributed by atoms with Crippen molar-refractivity contribution < 1.29 is 14.7 Å². The second-order valence-corrected chi connectivity index (χ2v) is 8.43. The van der Waals surface area contributed by atoms with Crippen LogP contribution in [-0.2, 0) is 16.6 Å². The van der Waals surface area contributed by atoms with Gasteiger partial charge in [0.2, 0.25) is 5.78 Å². The maximum atomic E-state index is 13.0. The first-order valence-electron chi connectivity index (χ1n) is 11.1.